The Morgan fingerprint density at radius 3 is 2.67 bits per heavy atom. The van der Waals surface area contributed by atoms with Gasteiger partial charge in [0.15, 0.2) is 5.13 Å². The normalized spacial score (nSPS) is 14.8. The third-order valence-corrected chi connectivity index (χ3v) is 7.66. The second kappa shape index (κ2) is 8.49. The molecule has 2 N–H and O–H groups in total. The van der Waals surface area contributed by atoms with Gasteiger partial charge in [-0.1, -0.05) is 30.2 Å². The van der Waals surface area contributed by atoms with E-state index in [4.69, 9.17) is 16.6 Å². The number of carbonyl (C=O) groups excluding carboxylic acids is 2. The summed E-state index contributed by atoms with van der Waals surface area (Å²) >= 11 is 9.24. The Morgan fingerprint density at radius 2 is 2.00 bits per heavy atom. The second-order valence-electron chi connectivity index (χ2n) is 7.50. The lowest BCUT2D eigenvalue weighted by molar-refractivity contribution is -0.124. The van der Waals surface area contributed by atoms with Gasteiger partial charge in [-0.25, -0.2) is 4.98 Å². The second-order valence-corrected chi connectivity index (χ2v) is 10.3. The first-order chi connectivity index (χ1) is 14.4. The predicted octanol–water partition coefficient (Wildman–Crippen LogP) is 5.53. The quantitative estimate of drug-likeness (QED) is 0.509. The molecule has 0 bridgehead atoms. The first-order valence-electron chi connectivity index (χ1n) is 9.76. The molecule has 1 fully saturated rings. The zero-order chi connectivity index (χ0) is 21.3. The molecule has 1 aliphatic carbocycles. The van der Waals surface area contributed by atoms with Gasteiger partial charge in [0.05, 0.1) is 22.5 Å². The van der Waals surface area contributed by atoms with E-state index in [9.17, 15) is 9.59 Å². The molecule has 5 nitrogen and oxygen atoms in total. The van der Waals surface area contributed by atoms with Crippen molar-refractivity contribution in [3.8, 4) is 10.6 Å². The van der Waals surface area contributed by atoms with Crippen molar-refractivity contribution in [3.05, 3.63) is 56.7 Å². The van der Waals surface area contributed by atoms with Gasteiger partial charge in [0.1, 0.15) is 0 Å². The summed E-state index contributed by atoms with van der Waals surface area (Å²) in [6.07, 6.45) is 2.65. The van der Waals surface area contributed by atoms with Crippen molar-refractivity contribution < 1.29 is 9.59 Å². The van der Waals surface area contributed by atoms with Crippen LogP contribution in [0.25, 0.3) is 10.6 Å². The number of thiazole rings is 1. The molecule has 30 heavy (non-hydrogen) atoms. The minimum absolute atomic E-state index is 0.0196. The Bertz CT molecular complexity index is 1100. The molecule has 2 heterocycles. The fraction of sp³-hybridized carbons (Fsp3) is 0.318. The van der Waals surface area contributed by atoms with Crippen LogP contribution < -0.4 is 10.6 Å². The summed E-state index contributed by atoms with van der Waals surface area (Å²) in [5.41, 5.74) is 1.31. The summed E-state index contributed by atoms with van der Waals surface area (Å²) in [7, 11) is 0. The molecule has 8 heteroatoms. The lowest BCUT2D eigenvalue weighted by Crippen LogP contribution is -2.46. The number of rotatable bonds is 6. The number of halogens is 1. The van der Waals surface area contributed by atoms with Crippen molar-refractivity contribution >= 4 is 51.2 Å². The molecule has 156 valence electrons. The zero-order valence-electron chi connectivity index (χ0n) is 16.8. The molecule has 1 aliphatic rings. The summed E-state index contributed by atoms with van der Waals surface area (Å²) in [6, 6.07) is 11.6. The average molecular weight is 460 g/mol. The highest BCUT2D eigenvalue weighted by Gasteiger charge is 2.46. The van der Waals surface area contributed by atoms with Crippen LogP contribution in [0, 0.1) is 6.92 Å². The molecule has 0 unspecified atom stereocenters. The van der Waals surface area contributed by atoms with Gasteiger partial charge in [-0.05, 0) is 49.6 Å². The number of hydrogen-bond acceptors (Lipinski definition) is 5. The van der Waals surface area contributed by atoms with Crippen LogP contribution in [0.3, 0.4) is 0 Å². The number of aromatic nitrogens is 1. The predicted molar refractivity (Wildman–Crippen MR) is 123 cm³/mol. The highest BCUT2D eigenvalue weighted by Crippen LogP contribution is 2.45. The molecular weight excluding hydrogens is 438 g/mol. The van der Waals surface area contributed by atoms with Gasteiger partial charge in [0.25, 0.3) is 0 Å². The van der Waals surface area contributed by atoms with Crippen LogP contribution in [0.1, 0.15) is 41.5 Å². The lowest BCUT2D eigenvalue weighted by atomic mass is 9.64. The van der Waals surface area contributed by atoms with Crippen LogP contribution >= 0.6 is 34.3 Å². The standard InChI is InChI=1S/C22H22ClN3O2S2/c1-13-19(18-8-7-17(30-18)12-24-14(2)27)25-21(29-13)26-20(28)22(9-4-10-22)15-5-3-6-16(23)11-15/h3,5-8,11H,4,9-10,12H2,1-2H3,(H,24,27)(H,25,26,28). The zero-order valence-corrected chi connectivity index (χ0v) is 19.1. The van der Waals surface area contributed by atoms with Gasteiger partial charge in [0, 0.05) is 21.7 Å². The molecule has 1 aromatic carbocycles. The molecule has 4 rings (SSSR count). The summed E-state index contributed by atoms with van der Waals surface area (Å²) < 4.78 is 0. The van der Waals surface area contributed by atoms with Crippen molar-refractivity contribution in [3.63, 3.8) is 0 Å². The van der Waals surface area contributed by atoms with Gasteiger partial charge in [-0.2, -0.15) is 0 Å². The molecule has 2 aromatic heterocycles. The van der Waals surface area contributed by atoms with E-state index in [1.54, 1.807) is 11.3 Å². The van der Waals surface area contributed by atoms with E-state index in [0.717, 1.165) is 45.2 Å². The first kappa shape index (κ1) is 21.0. The van der Waals surface area contributed by atoms with E-state index in [-0.39, 0.29) is 11.8 Å². The van der Waals surface area contributed by atoms with Gasteiger partial charge >= 0.3 is 0 Å². The SMILES string of the molecule is CC(=O)NCc1ccc(-c2nc(NC(=O)C3(c4cccc(Cl)c4)CCC3)sc2C)s1. The van der Waals surface area contributed by atoms with Crippen molar-refractivity contribution in [2.24, 2.45) is 0 Å². The third-order valence-electron chi connectivity index (χ3n) is 5.44. The summed E-state index contributed by atoms with van der Waals surface area (Å²) in [5.74, 6) is -0.0711. The maximum atomic E-state index is 13.2. The Hall–Kier alpha value is -2.22. The van der Waals surface area contributed by atoms with E-state index in [1.165, 1.54) is 18.3 Å². The van der Waals surface area contributed by atoms with Crippen molar-refractivity contribution in [2.45, 2.75) is 45.1 Å². The molecule has 2 amide bonds. The Balaban J connectivity index is 1.52. The minimum atomic E-state index is -0.529. The van der Waals surface area contributed by atoms with Crippen LogP contribution in [0.4, 0.5) is 5.13 Å². The fourth-order valence-corrected chi connectivity index (χ4v) is 5.74. The smallest absolute Gasteiger partial charge is 0.236 e. The molecule has 0 spiro atoms. The number of anilines is 1. The topological polar surface area (TPSA) is 71.1 Å². The Morgan fingerprint density at radius 1 is 1.20 bits per heavy atom. The molecule has 3 aromatic rings. The number of benzene rings is 1. The van der Waals surface area contributed by atoms with E-state index in [0.29, 0.717) is 16.7 Å². The van der Waals surface area contributed by atoms with Crippen LogP contribution in [-0.4, -0.2) is 16.8 Å². The van der Waals surface area contributed by atoms with Crippen molar-refractivity contribution in [1.29, 1.82) is 0 Å². The van der Waals surface area contributed by atoms with E-state index >= 15 is 0 Å². The lowest BCUT2D eigenvalue weighted by Gasteiger charge is -2.40. The Labute approximate surface area is 188 Å². The van der Waals surface area contributed by atoms with Gasteiger partial charge in [-0.3, -0.25) is 9.59 Å². The van der Waals surface area contributed by atoms with Crippen molar-refractivity contribution in [2.75, 3.05) is 5.32 Å². The van der Waals surface area contributed by atoms with E-state index in [1.807, 2.05) is 43.3 Å². The van der Waals surface area contributed by atoms with Crippen LogP contribution in [0.5, 0.6) is 0 Å². The van der Waals surface area contributed by atoms with E-state index < -0.39 is 5.41 Å². The number of aryl methyl sites for hydroxylation is 1. The van der Waals surface area contributed by atoms with Gasteiger partial charge in [-0.15, -0.1) is 22.7 Å². The number of nitrogens with zero attached hydrogens (tertiary/aromatic N) is 1. The molecule has 0 saturated heterocycles. The molecule has 0 aliphatic heterocycles. The number of hydrogen-bond donors (Lipinski definition) is 2. The van der Waals surface area contributed by atoms with Crippen LogP contribution in [0.2, 0.25) is 5.02 Å². The summed E-state index contributed by atoms with van der Waals surface area (Å²) in [4.78, 5) is 32.2. The number of thiophene rings is 1. The van der Waals surface area contributed by atoms with Crippen LogP contribution in [-0.2, 0) is 21.5 Å². The summed E-state index contributed by atoms with van der Waals surface area (Å²) in [5, 5.41) is 7.12. The number of carbonyl (C=O) groups is 2. The largest absolute Gasteiger partial charge is 0.351 e. The third kappa shape index (κ3) is 4.15. The maximum absolute atomic E-state index is 13.2. The van der Waals surface area contributed by atoms with Crippen molar-refractivity contribution in [1.82, 2.24) is 10.3 Å². The molecule has 1 saturated carbocycles. The molecular formula is C22H22ClN3O2S2. The number of amides is 2. The highest BCUT2D eigenvalue weighted by molar-refractivity contribution is 7.18. The monoisotopic (exact) mass is 459 g/mol. The fourth-order valence-electron chi connectivity index (χ4n) is 3.67. The van der Waals surface area contributed by atoms with Gasteiger partial charge < -0.3 is 10.6 Å². The number of nitrogens with one attached hydrogen (secondary N) is 2. The molecule has 0 atom stereocenters. The maximum Gasteiger partial charge on any atom is 0.236 e. The van der Waals surface area contributed by atoms with Gasteiger partial charge in [0.2, 0.25) is 11.8 Å². The first-order valence-corrected chi connectivity index (χ1v) is 11.8. The minimum Gasteiger partial charge on any atom is -0.351 e. The van der Waals surface area contributed by atoms with E-state index in [2.05, 4.69) is 10.6 Å². The average Bonchev–Trinajstić information content (AvgIpc) is 3.25. The molecule has 0 radical (unpaired) electrons. The Kier molecular flexibility index (Phi) is 5.95. The summed E-state index contributed by atoms with van der Waals surface area (Å²) in [6.45, 7) is 4.02. The highest BCUT2D eigenvalue weighted by atomic mass is 35.5. The van der Waals surface area contributed by atoms with Crippen LogP contribution in [0.15, 0.2) is 36.4 Å².